The maximum Gasteiger partial charge on any atom is 0.393 e. The molecule has 13 heteroatoms. The Bertz CT molecular complexity index is 1460. The third kappa shape index (κ3) is 8.74. The van der Waals surface area contributed by atoms with Crippen LogP contribution in [0.1, 0.15) is 46.5 Å². The van der Waals surface area contributed by atoms with Gasteiger partial charge >= 0.3 is 6.18 Å². The molecule has 3 atom stereocenters. The highest BCUT2D eigenvalue weighted by atomic mass is 32.2. The van der Waals surface area contributed by atoms with Gasteiger partial charge in [0.15, 0.2) is 0 Å². The molecule has 0 radical (unpaired) electrons. The van der Waals surface area contributed by atoms with Crippen LogP contribution in [0.2, 0.25) is 0 Å². The van der Waals surface area contributed by atoms with Gasteiger partial charge in [-0.25, -0.2) is 18.9 Å². The number of rotatable bonds is 13. The van der Waals surface area contributed by atoms with Crippen molar-refractivity contribution in [2.45, 2.75) is 56.9 Å². The average molecular weight is 609 g/mol. The molecule has 0 spiro atoms. The molecule has 3 unspecified atom stereocenters. The first-order valence-electron chi connectivity index (χ1n) is 13.3. The second kappa shape index (κ2) is 13.3. The number of carbonyl (C=O) groups is 1. The molecule has 0 saturated heterocycles. The number of hydrogen-bond acceptors (Lipinski definition) is 7. The number of benzene rings is 1. The molecule has 4 rings (SSSR count). The Labute approximate surface area is 242 Å². The van der Waals surface area contributed by atoms with Gasteiger partial charge in [0.2, 0.25) is 0 Å². The van der Waals surface area contributed by atoms with Gasteiger partial charge in [-0.15, -0.1) is 11.3 Å². The summed E-state index contributed by atoms with van der Waals surface area (Å²) in [6.07, 6.45) is -0.408. The number of alkyl halides is 3. The Morgan fingerprint density at radius 1 is 1.22 bits per heavy atom. The Hall–Kier alpha value is -3.00. The number of fused-ring (bicyclic) bond motifs is 1. The maximum absolute atomic E-state index is 12.9. The quantitative estimate of drug-likeness (QED) is 0.196. The molecule has 1 aliphatic carbocycles. The van der Waals surface area contributed by atoms with E-state index in [1.54, 1.807) is 18.2 Å². The second-order valence-corrected chi connectivity index (χ2v) is 13.4. The van der Waals surface area contributed by atoms with Crippen molar-refractivity contribution in [1.29, 1.82) is 0 Å². The summed E-state index contributed by atoms with van der Waals surface area (Å²) < 4.78 is 53.3. The third-order valence-electron chi connectivity index (χ3n) is 7.09. The molecule has 1 amide bonds. The summed E-state index contributed by atoms with van der Waals surface area (Å²) in [7, 11) is -0.524. The van der Waals surface area contributed by atoms with Gasteiger partial charge in [-0.05, 0) is 55.3 Å². The summed E-state index contributed by atoms with van der Waals surface area (Å²) in [5.74, 6) is 4.03. The summed E-state index contributed by atoms with van der Waals surface area (Å²) in [6.45, 7) is 5.03. The van der Waals surface area contributed by atoms with Crippen molar-refractivity contribution in [3.63, 3.8) is 0 Å². The van der Waals surface area contributed by atoms with E-state index in [4.69, 9.17) is 0 Å². The lowest BCUT2D eigenvalue weighted by molar-refractivity contribution is -0.126. The lowest BCUT2D eigenvalue weighted by Gasteiger charge is -2.26. The largest absolute Gasteiger partial charge is 0.393 e. The molecule has 2 aromatic heterocycles. The van der Waals surface area contributed by atoms with Gasteiger partial charge in [-0.1, -0.05) is 18.7 Å². The first kappa shape index (κ1) is 30.9. The second-order valence-electron chi connectivity index (χ2n) is 10.2. The van der Waals surface area contributed by atoms with E-state index in [1.165, 1.54) is 11.7 Å². The standard InChI is InChI=1S/C28H35F3N6O2S2/c1-4-41(3,39)36-13-5-12-32-26(38)20-8-6-19(7-9-20)17-33-21-10-11-22(14-21)37(2)25-24-15-23(16-28(29,30)31)40-27(24)35-18-34-25/h4,6-9,15,18,21-22,33H,1,3,5,10-14,16-17H2,2H3,(H,32,38)(H,36,39). The van der Waals surface area contributed by atoms with E-state index in [0.29, 0.717) is 47.7 Å². The van der Waals surface area contributed by atoms with Crippen LogP contribution in [0, 0.1) is 0 Å². The van der Waals surface area contributed by atoms with Crippen LogP contribution in [0.5, 0.6) is 0 Å². The number of thiophene rings is 1. The van der Waals surface area contributed by atoms with Crippen LogP contribution >= 0.6 is 11.3 Å². The van der Waals surface area contributed by atoms with Crippen LogP contribution in [0.25, 0.3) is 10.2 Å². The molecule has 3 aromatic rings. The molecular weight excluding hydrogens is 573 g/mol. The zero-order valence-electron chi connectivity index (χ0n) is 22.9. The monoisotopic (exact) mass is 608 g/mol. The smallest absolute Gasteiger partial charge is 0.356 e. The highest BCUT2D eigenvalue weighted by Gasteiger charge is 2.31. The summed E-state index contributed by atoms with van der Waals surface area (Å²) in [6, 6.07) is 9.50. The van der Waals surface area contributed by atoms with Crippen molar-refractivity contribution in [2.75, 3.05) is 25.0 Å². The van der Waals surface area contributed by atoms with Crippen molar-refractivity contribution in [3.8, 4) is 0 Å². The lowest BCUT2D eigenvalue weighted by Crippen LogP contribution is -2.33. The maximum atomic E-state index is 12.9. The van der Waals surface area contributed by atoms with Gasteiger partial charge < -0.3 is 15.5 Å². The number of nitrogens with one attached hydrogen (secondary N) is 3. The number of hydrogen-bond donors (Lipinski definition) is 3. The zero-order chi connectivity index (χ0) is 29.6. The predicted molar refractivity (Wildman–Crippen MR) is 161 cm³/mol. The number of aromatic nitrogens is 2. The van der Waals surface area contributed by atoms with Crippen molar-refractivity contribution < 1.29 is 22.2 Å². The van der Waals surface area contributed by atoms with Gasteiger partial charge in [0.05, 0.1) is 11.8 Å². The molecule has 3 N–H and O–H groups in total. The fourth-order valence-electron chi connectivity index (χ4n) is 4.86. The van der Waals surface area contributed by atoms with Crippen LogP contribution in [0.3, 0.4) is 0 Å². The van der Waals surface area contributed by atoms with Crippen molar-refractivity contribution in [2.24, 2.45) is 0 Å². The third-order valence-corrected chi connectivity index (χ3v) is 9.36. The van der Waals surface area contributed by atoms with Crippen LogP contribution in [-0.2, 0) is 22.7 Å². The first-order chi connectivity index (χ1) is 19.4. The van der Waals surface area contributed by atoms with E-state index in [1.807, 2.05) is 19.2 Å². The number of anilines is 1. The Morgan fingerprint density at radius 3 is 2.68 bits per heavy atom. The molecule has 1 fully saturated rings. The molecule has 0 aliphatic heterocycles. The first-order valence-corrected chi connectivity index (χ1v) is 15.9. The summed E-state index contributed by atoms with van der Waals surface area (Å²) in [5.41, 5.74) is 1.63. The van der Waals surface area contributed by atoms with E-state index < -0.39 is 22.3 Å². The summed E-state index contributed by atoms with van der Waals surface area (Å²) in [5, 5.41) is 8.39. The normalized spacial score (nSPS) is 18.7. The Kier molecular flexibility index (Phi) is 10.1. The molecular formula is C28H35F3N6O2S2. The minimum absolute atomic E-state index is 0.166. The van der Waals surface area contributed by atoms with E-state index in [2.05, 4.69) is 42.7 Å². The molecule has 1 aromatic carbocycles. The van der Waals surface area contributed by atoms with Gasteiger partial charge in [0.1, 0.15) is 17.0 Å². The SMILES string of the molecule is C=CS(=C)(=O)NCCCNC(=O)c1ccc(CNC2CCC(N(C)c3ncnc4sc(CC(F)(F)F)cc34)C2)cc1. The molecule has 0 bridgehead atoms. The van der Waals surface area contributed by atoms with Crippen LogP contribution < -0.4 is 20.3 Å². The fourth-order valence-corrected chi connectivity index (χ4v) is 6.49. The molecule has 41 heavy (non-hydrogen) atoms. The molecule has 1 saturated carbocycles. The van der Waals surface area contributed by atoms with Crippen LogP contribution in [0.15, 0.2) is 48.6 Å². The van der Waals surface area contributed by atoms with Gasteiger partial charge in [0, 0.05) is 64.3 Å². The van der Waals surface area contributed by atoms with Gasteiger partial charge in [0.25, 0.3) is 5.91 Å². The predicted octanol–water partition coefficient (Wildman–Crippen LogP) is 4.43. The molecule has 8 nitrogen and oxygen atoms in total. The van der Waals surface area contributed by atoms with E-state index in [9.17, 15) is 22.2 Å². The van der Waals surface area contributed by atoms with E-state index >= 15 is 0 Å². The number of nitrogens with zero attached hydrogens (tertiary/aromatic N) is 3. The summed E-state index contributed by atoms with van der Waals surface area (Å²) >= 11 is 1.06. The van der Waals surface area contributed by atoms with Crippen LogP contribution in [0.4, 0.5) is 19.0 Å². The number of amides is 1. The highest BCUT2D eigenvalue weighted by Crippen LogP contribution is 2.35. The zero-order valence-corrected chi connectivity index (χ0v) is 24.5. The van der Waals surface area contributed by atoms with Gasteiger partial charge in [-0.3, -0.25) is 4.79 Å². The van der Waals surface area contributed by atoms with Crippen molar-refractivity contribution in [3.05, 3.63) is 64.7 Å². The molecule has 222 valence electrons. The van der Waals surface area contributed by atoms with Crippen molar-refractivity contribution in [1.82, 2.24) is 25.3 Å². The van der Waals surface area contributed by atoms with Gasteiger partial charge in [-0.2, -0.15) is 13.2 Å². The van der Waals surface area contributed by atoms with E-state index in [0.717, 1.165) is 36.2 Å². The highest BCUT2D eigenvalue weighted by molar-refractivity contribution is 8.01. The number of halogens is 3. The Balaban J connectivity index is 1.24. The van der Waals surface area contributed by atoms with Crippen molar-refractivity contribution >= 4 is 48.9 Å². The minimum atomic E-state index is -4.26. The lowest BCUT2D eigenvalue weighted by atomic mass is 10.1. The van der Waals surface area contributed by atoms with E-state index in [-0.39, 0.29) is 22.9 Å². The topological polar surface area (TPSA) is 99.2 Å². The number of carbonyl (C=O) groups excluding carboxylic acids is 1. The molecule has 1 aliphatic rings. The fraction of sp³-hybridized carbons (Fsp3) is 0.429. The van der Waals surface area contributed by atoms with Crippen LogP contribution in [-0.4, -0.2) is 64.4 Å². The Morgan fingerprint density at radius 2 is 1.98 bits per heavy atom. The average Bonchev–Trinajstić information content (AvgIpc) is 3.57. The summed E-state index contributed by atoms with van der Waals surface area (Å²) in [4.78, 5) is 23.9. The minimum Gasteiger partial charge on any atom is -0.356 e. The molecule has 2 heterocycles.